The molecule has 37 heavy (non-hydrogen) atoms. The van der Waals surface area contributed by atoms with Gasteiger partial charge in [0.05, 0.1) is 0 Å². The summed E-state index contributed by atoms with van der Waals surface area (Å²) in [5, 5.41) is 0. The summed E-state index contributed by atoms with van der Waals surface area (Å²) in [4.78, 5) is 2.49. The van der Waals surface area contributed by atoms with Crippen LogP contribution in [0.1, 0.15) is 81.3 Å². The Morgan fingerprint density at radius 3 is 1.30 bits per heavy atom. The van der Waals surface area contributed by atoms with Gasteiger partial charge in [-0.25, -0.2) is 0 Å². The predicted octanol–water partition coefficient (Wildman–Crippen LogP) is 8.92. The van der Waals surface area contributed by atoms with Crippen LogP contribution in [-0.2, 0) is 38.8 Å². The van der Waals surface area contributed by atoms with Crippen molar-refractivity contribution in [1.29, 1.82) is 0 Å². The zero-order chi connectivity index (χ0) is 26.4. The van der Waals surface area contributed by atoms with Crippen molar-refractivity contribution in [2.24, 2.45) is 23.7 Å². The highest BCUT2D eigenvalue weighted by Crippen LogP contribution is 2.31. The standard InChI is InChI=1S/C13H18.C12H16.C11H15N/c1-10(2)7-11-8-12-5-3-4-6-13(12)9-11;2*1-9(2)12-7-10-5-3-4-6-11(10)8-12/h3-6,10-11H,7-9H2,1-2H3;3-6,9,12H,7-8H2,1-2H3;3-6,9H,7-8H2,1-2H3. The first-order valence-corrected chi connectivity index (χ1v) is 14.7. The van der Waals surface area contributed by atoms with Crippen LogP contribution in [0, 0.1) is 23.7 Å². The molecule has 0 atom stereocenters. The van der Waals surface area contributed by atoms with E-state index in [2.05, 4.69) is 119 Å². The van der Waals surface area contributed by atoms with Gasteiger partial charge in [0.15, 0.2) is 0 Å². The second-order valence-corrected chi connectivity index (χ2v) is 12.6. The van der Waals surface area contributed by atoms with E-state index < -0.39 is 0 Å². The Bertz CT molecular complexity index is 990. The van der Waals surface area contributed by atoms with Gasteiger partial charge in [-0.3, -0.25) is 4.90 Å². The fourth-order valence-electron chi connectivity index (χ4n) is 6.27. The summed E-state index contributed by atoms with van der Waals surface area (Å²) in [5.41, 5.74) is 9.35. The maximum atomic E-state index is 2.49. The van der Waals surface area contributed by atoms with Crippen LogP contribution in [-0.4, -0.2) is 10.9 Å². The number of hydrogen-bond acceptors (Lipinski definition) is 1. The van der Waals surface area contributed by atoms with E-state index in [-0.39, 0.29) is 0 Å². The topological polar surface area (TPSA) is 3.24 Å². The minimum absolute atomic E-state index is 0.664. The number of benzene rings is 3. The van der Waals surface area contributed by atoms with Gasteiger partial charge >= 0.3 is 0 Å². The highest BCUT2D eigenvalue weighted by molar-refractivity contribution is 5.33. The van der Waals surface area contributed by atoms with Crippen LogP contribution in [0.3, 0.4) is 0 Å². The maximum absolute atomic E-state index is 2.49. The third-order valence-electron chi connectivity index (χ3n) is 8.56. The lowest BCUT2D eigenvalue weighted by molar-refractivity contribution is 0.227. The smallest absolute Gasteiger partial charge is 0.0243 e. The predicted molar refractivity (Wildman–Crippen MR) is 160 cm³/mol. The van der Waals surface area contributed by atoms with Crippen molar-refractivity contribution in [1.82, 2.24) is 4.90 Å². The Morgan fingerprint density at radius 1 is 0.568 bits per heavy atom. The zero-order valence-electron chi connectivity index (χ0n) is 24.2. The first-order chi connectivity index (χ1) is 17.8. The van der Waals surface area contributed by atoms with Gasteiger partial charge in [0.1, 0.15) is 0 Å². The van der Waals surface area contributed by atoms with Gasteiger partial charge in [0.2, 0.25) is 0 Å². The second kappa shape index (κ2) is 12.9. The van der Waals surface area contributed by atoms with Crippen molar-refractivity contribution in [3.05, 3.63) is 106 Å². The van der Waals surface area contributed by atoms with Crippen LogP contribution in [0.5, 0.6) is 0 Å². The molecule has 0 fully saturated rings. The summed E-state index contributed by atoms with van der Waals surface area (Å²) in [6.45, 7) is 16.1. The molecule has 0 amide bonds. The van der Waals surface area contributed by atoms with E-state index in [1.54, 1.807) is 22.3 Å². The molecule has 1 aliphatic heterocycles. The van der Waals surface area contributed by atoms with E-state index in [1.165, 1.54) is 43.2 Å². The van der Waals surface area contributed by atoms with Crippen molar-refractivity contribution in [3.8, 4) is 0 Å². The molecule has 0 spiro atoms. The minimum atomic E-state index is 0.664. The Kier molecular flexibility index (Phi) is 9.65. The number of rotatable bonds is 4. The lowest BCUT2D eigenvalue weighted by Gasteiger charge is -2.18. The molecular formula is C36H49N. The highest BCUT2D eigenvalue weighted by Gasteiger charge is 2.23. The highest BCUT2D eigenvalue weighted by atomic mass is 15.2. The molecule has 0 saturated carbocycles. The van der Waals surface area contributed by atoms with E-state index >= 15 is 0 Å². The van der Waals surface area contributed by atoms with Crippen LogP contribution in [0.15, 0.2) is 72.8 Å². The molecule has 198 valence electrons. The van der Waals surface area contributed by atoms with Crippen LogP contribution in [0.2, 0.25) is 0 Å². The molecule has 0 aromatic heterocycles. The zero-order valence-corrected chi connectivity index (χ0v) is 24.2. The van der Waals surface area contributed by atoms with Crippen LogP contribution < -0.4 is 0 Å². The van der Waals surface area contributed by atoms with E-state index in [1.807, 2.05) is 0 Å². The van der Waals surface area contributed by atoms with Crippen LogP contribution in [0.25, 0.3) is 0 Å². The van der Waals surface area contributed by atoms with Gasteiger partial charge in [-0.05, 0) is 103 Å². The average molecular weight is 496 g/mol. The largest absolute Gasteiger partial charge is 0.292 e. The lowest BCUT2D eigenvalue weighted by Crippen LogP contribution is -2.24. The summed E-state index contributed by atoms with van der Waals surface area (Å²) in [5.74, 6) is 3.48. The third-order valence-corrected chi connectivity index (χ3v) is 8.56. The number of nitrogens with zero attached hydrogens (tertiary/aromatic N) is 1. The molecule has 3 aliphatic rings. The Labute approximate surface area is 227 Å². The molecule has 1 heteroatoms. The first-order valence-electron chi connectivity index (χ1n) is 14.7. The normalized spacial score (nSPS) is 16.8. The molecule has 0 saturated heterocycles. The summed E-state index contributed by atoms with van der Waals surface area (Å²) in [7, 11) is 0. The molecule has 3 aromatic rings. The molecule has 1 nitrogen and oxygen atoms in total. The van der Waals surface area contributed by atoms with Gasteiger partial charge in [0, 0.05) is 19.1 Å². The van der Waals surface area contributed by atoms with Crippen molar-refractivity contribution in [2.75, 3.05) is 0 Å². The summed E-state index contributed by atoms with van der Waals surface area (Å²) < 4.78 is 0. The summed E-state index contributed by atoms with van der Waals surface area (Å²) >= 11 is 0. The monoisotopic (exact) mass is 495 g/mol. The fraction of sp³-hybridized carbons (Fsp3) is 0.500. The van der Waals surface area contributed by atoms with Crippen LogP contribution >= 0.6 is 0 Å². The SMILES string of the molecule is CC(C)C1Cc2ccccc2C1.CC(C)CC1Cc2ccccc2C1.CC(C)N1Cc2ccccc2C1. The Morgan fingerprint density at radius 2 is 0.946 bits per heavy atom. The van der Waals surface area contributed by atoms with Crippen molar-refractivity contribution >= 4 is 0 Å². The molecule has 0 N–H and O–H groups in total. The molecule has 6 rings (SSSR count). The first kappa shape index (κ1) is 27.6. The Balaban J connectivity index is 0.000000130. The van der Waals surface area contributed by atoms with Crippen molar-refractivity contribution < 1.29 is 0 Å². The quantitative estimate of drug-likeness (QED) is 0.349. The number of fused-ring (bicyclic) bond motifs is 3. The molecular weight excluding hydrogens is 446 g/mol. The molecule has 1 heterocycles. The number of hydrogen-bond donors (Lipinski definition) is 0. The lowest BCUT2D eigenvalue weighted by atomic mass is 9.93. The van der Waals surface area contributed by atoms with E-state index in [9.17, 15) is 0 Å². The summed E-state index contributed by atoms with van der Waals surface area (Å²) in [6, 6.07) is 27.1. The van der Waals surface area contributed by atoms with Gasteiger partial charge in [-0.2, -0.15) is 0 Å². The Hall–Kier alpha value is -2.38. The van der Waals surface area contributed by atoms with Crippen LogP contribution in [0.4, 0.5) is 0 Å². The summed E-state index contributed by atoms with van der Waals surface area (Å²) in [6.07, 6.45) is 6.61. The second-order valence-electron chi connectivity index (χ2n) is 12.6. The van der Waals surface area contributed by atoms with Gasteiger partial charge in [0.25, 0.3) is 0 Å². The average Bonchev–Trinajstić information content (AvgIpc) is 3.60. The molecule has 3 aromatic carbocycles. The van der Waals surface area contributed by atoms with E-state index in [0.29, 0.717) is 6.04 Å². The molecule has 0 unspecified atom stereocenters. The van der Waals surface area contributed by atoms with Crippen molar-refractivity contribution in [2.45, 2.75) is 92.8 Å². The minimum Gasteiger partial charge on any atom is -0.292 e. The fourth-order valence-corrected chi connectivity index (χ4v) is 6.27. The van der Waals surface area contributed by atoms with Gasteiger partial charge < -0.3 is 0 Å². The van der Waals surface area contributed by atoms with E-state index in [0.717, 1.165) is 36.8 Å². The third kappa shape index (κ3) is 7.57. The van der Waals surface area contributed by atoms with Crippen molar-refractivity contribution in [3.63, 3.8) is 0 Å². The maximum Gasteiger partial charge on any atom is 0.0243 e. The van der Waals surface area contributed by atoms with E-state index in [4.69, 9.17) is 0 Å². The van der Waals surface area contributed by atoms with Gasteiger partial charge in [-0.15, -0.1) is 0 Å². The van der Waals surface area contributed by atoms with Gasteiger partial charge in [-0.1, -0.05) is 100 Å². The molecule has 2 aliphatic carbocycles. The molecule has 0 bridgehead atoms. The molecule has 0 radical (unpaired) electrons.